The maximum absolute atomic E-state index is 11.4. The second-order valence-electron chi connectivity index (χ2n) is 4.52. The van der Waals surface area contributed by atoms with Crippen molar-refractivity contribution in [3.05, 3.63) is 0 Å². The molecule has 1 N–H and O–H groups in total. The van der Waals surface area contributed by atoms with Crippen molar-refractivity contribution >= 4 is 16.8 Å². The third-order valence-electron chi connectivity index (χ3n) is 2.44. The summed E-state index contributed by atoms with van der Waals surface area (Å²) in [6.45, 7) is 5.19. The molecule has 0 saturated carbocycles. The lowest BCUT2D eigenvalue weighted by molar-refractivity contribution is -0.136. The topological polar surface area (TPSA) is 78.2 Å². The van der Waals surface area contributed by atoms with Crippen LogP contribution in [0.3, 0.4) is 0 Å². The molecule has 0 fully saturated rings. The Balaban J connectivity index is 3.81. The fourth-order valence-electron chi connectivity index (χ4n) is 1.16. The molecule has 2 atom stereocenters. The molecule has 0 amide bonds. The second-order valence-corrected chi connectivity index (χ2v) is 6.39. The Kier molecular flexibility index (Phi) is 6.27. The molecule has 0 radical (unpaired) electrons. The number of aliphatic carboxylic acids is 1. The number of hydrogen-bond acceptors (Lipinski definition) is 3. The normalized spacial score (nSPS) is 15.1. The number of nitriles is 1. The van der Waals surface area contributed by atoms with Gasteiger partial charge in [0.1, 0.15) is 5.25 Å². The summed E-state index contributed by atoms with van der Waals surface area (Å²) >= 11 is 0. The third kappa shape index (κ3) is 5.86. The number of carbonyl (C=O) groups is 1. The van der Waals surface area contributed by atoms with E-state index in [9.17, 15) is 9.00 Å². The van der Waals surface area contributed by atoms with E-state index in [-0.39, 0.29) is 5.41 Å². The van der Waals surface area contributed by atoms with Gasteiger partial charge in [-0.25, -0.2) is 0 Å². The maximum atomic E-state index is 11.4. The lowest BCUT2D eigenvalue weighted by atomic mass is 9.89. The van der Waals surface area contributed by atoms with Gasteiger partial charge in [-0.1, -0.05) is 6.42 Å². The molecule has 0 bridgehead atoms. The molecule has 0 aliphatic carbocycles. The van der Waals surface area contributed by atoms with Gasteiger partial charge in [0.25, 0.3) is 0 Å². The van der Waals surface area contributed by atoms with Crippen molar-refractivity contribution in [2.45, 2.75) is 45.3 Å². The monoisotopic (exact) mass is 245 g/mol. The first-order valence-corrected chi connectivity index (χ1v) is 6.69. The molecule has 16 heavy (non-hydrogen) atoms. The van der Waals surface area contributed by atoms with Crippen LogP contribution in [-0.4, -0.2) is 26.3 Å². The number of nitrogens with zero attached hydrogens (tertiary/aromatic N) is 1. The summed E-state index contributed by atoms with van der Waals surface area (Å²) in [6.07, 6.45) is 2.26. The Hall–Kier alpha value is -0.890. The Morgan fingerprint density at radius 2 is 2.06 bits per heavy atom. The van der Waals surface area contributed by atoms with Gasteiger partial charge in [0, 0.05) is 16.6 Å². The number of unbranched alkanes of at least 4 members (excludes halogenated alkanes) is 1. The smallest absolute Gasteiger partial charge is 0.318 e. The van der Waals surface area contributed by atoms with E-state index >= 15 is 0 Å². The Bertz CT molecular complexity index is 307. The third-order valence-corrected chi connectivity index (χ3v) is 4.12. The van der Waals surface area contributed by atoms with Crippen molar-refractivity contribution in [3.8, 4) is 6.07 Å². The van der Waals surface area contributed by atoms with Gasteiger partial charge in [0.05, 0.1) is 11.5 Å². The average molecular weight is 245 g/mol. The highest BCUT2D eigenvalue weighted by Gasteiger charge is 2.19. The second kappa shape index (κ2) is 6.64. The summed E-state index contributed by atoms with van der Waals surface area (Å²) in [6, 6.07) is 2.20. The maximum Gasteiger partial charge on any atom is 0.318 e. The van der Waals surface area contributed by atoms with E-state index in [1.807, 2.05) is 13.8 Å². The summed E-state index contributed by atoms with van der Waals surface area (Å²) in [5, 5.41) is 16.6. The van der Waals surface area contributed by atoms with Crippen LogP contribution >= 0.6 is 0 Å². The molecule has 0 aliphatic rings. The fourth-order valence-corrected chi connectivity index (χ4v) is 2.22. The highest BCUT2D eigenvalue weighted by atomic mass is 32.2. The number of carboxylic acids is 1. The van der Waals surface area contributed by atoms with Crippen LogP contribution in [0.2, 0.25) is 0 Å². The van der Waals surface area contributed by atoms with Crippen molar-refractivity contribution in [3.63, 3.8) is 0 Å². The van der Waals surface area contributed by atoms with Crippen LogP contribution in [-0.2, 0) is 15.6 Å². The van der Waals surface area contributed by atoms with E-state index in [0.717, 1.165) is 12.8 Å². The first-order valence-electron chi connectivity index (χ1n) is 5.31. The van der Waals surface area contributed by atoms with Crippen LogP contribution in [0.5, 0.6) is 0 Å². The van der Waals surface area contributed by atoms with E-state index in [4.69, 9.17) is 10.4 Å². The standard InChI is InChI=1S/C11H19NO3S/c1-9(10(13)14)16(15)7-5-4-6-11(2,3)8-12/h9H,4-7H2,1-3H3,(H,13,14). The minimum Gasteiger partial charge on any atom is -0.480 e. The van der Waals surface area contributed by atoms with Gasteiger partial charge >= 0.3 is 5.97 Å². The molecule has 0 aromatic heterocycles. The molecule has 0 heterocycles. The van der Waals surface area contributed by atoms with E-state index < -0.39 is 22.0 Å². The summed E-state index contributed by atoms with van der Waals surface area (Å²) in [7, 11) is -1.31. The molecule has 0 aromatic rings. The first-order chi connectivity index (χ1) is 7.30. The predicted octanol–water partition coefficient (Wildman–Crippen LogP) is 1.93. The van der Waals surface area contributed by atoms with Gasteiger partial charge in [0.2, 0.25) is 0 Å². The highest BCUT2D eigenvalue weighted by Crippen LogP contribution is 2.21. The van der Waals surface area contributed by atoms with Crippen LogP contribution in [0.4, 0.5) is 0 Å². The number of hydrogen-bond donors (Lipinski definition) is 1. The van der Waals surface area contributed by atoms with Crippen LogP contribution in [0.1, 0.15) is 40.0 Å². The van der Waals surface area contributed by atoms with Crippen molar-refractivity contribution in [2.24, 2.45) is 5.41 Å². The van der Waals surface area contributed by atoms with Crippen LogP contribution in [0, 0.1) is 16.7 Å². The lowest BCUT2D eigenvalue weighted by Crippen LogP contribution is -2.23. The van der Waals surface area contributed by atoms with Crippen molar-refractivity contribution < 1.29 is 14.1 Å². The molecule has 5 heteroatoms. The van der Waals surface area contributed by atoms with Crippen LogP contribution in [0.15, 0.2) is 0 Å². The van der Waals surface area contributed by atoms with E-state index in [0.29, 0.717) is 12.2 Å². The molecule has 92 valence electrons. The minimum atomic E-state index is -1.31. The zero-order valence-electron chi connectivity index (χ0n) is 10.0. The average Bonchev–Trinajstić information content (AvgIpc) is 2.22. The molecule has 0 rings (SSSR count). The molecule has 0 aliphatic heterocycles. The summed E-state index contributed by atoms with van der Waals surface area (Å²) in [5.74, 6) is -0.620. The van der Waals surface area contributed by atoms with Gasteiger partial charge in [-0.15, -0.1) is 0 Å². The Labute approximate surface area is 99.1 Å². The van der Waals surface area contributed by atoms with Crippen molar-refractivity contribution in [1.29, 1.82) is 5.26 Å². The van der Waals surface area contributed by atoms with Gasteiger partial charge in [0.15, 0.2) is 0 Å². The molecule has 0 spiro atoms. The molecule has 0 saturated heterocycles. The van der Waals surface area contributed by atoms with E-state index in [2.05, 4.69) is 6.07 Å². The SMILES string of the molecule is CC(C(=O)O)S(=O)CCCCC(C)(C)C#N. The van der Waals surface area contributed by atoms with Gasteiger partial charge in [-0.05, 0) is 33.6 Å². The predicted molar refractivity (Wildman–Crippen MR) is 63.4 cm³/mol. The largest absolute Gasteiger partial charge is 0.480 e. The summed E-state index contributed by atoms with van der Waals surface area (Å²) in [5.41, 5.74) is -0.347. The number of rotatable bonds is 7. The minimum absolute atomic E-state index is 0.347. The zero-order valence-corrected chi connectivity index (χ0v) is 10.8. The quantitative estimate of drug-likeness (QED) is 0.695. The van der Waals surface area contributed by atoms with E-state index in [1.165, 1.54) is 6.92 Å². The molecular formula is C11H19NO3S. The fraction of sp³-hybridized carbons (Fsp3) is 0.818. The first kappa shape index (κ1) is 15.1. The Morgan fingerprint density at radius 3 is 2.50 bits per heavy atom. The lowest BCUT2D eigenvalue weighted by Gasteiger charge is -2.14. The summed E-state index contributed by atoms with van der Waals surface area (Å²) in [4.78, 5) is 10.5. The van der Waals surface area contributed by atoms with E-state index in [1.54, 1.807) is 0 Å². The molecule has 0 aromatic carbocycles. The molecule has 2 unspecified atom stereocenters. The molecule has 4 nitrogen and oxygen atoms in total. The van der Waals surface area contributed by atoms with Gasteiger partial charge in [-0.3, -0.25) is 9.00 Å². The van der Waals surface area contributed by atoms with Gasteiger partial charge in [-0.2, -0.15) is 5.26 Å². The highest BCUT2D eigenvalue weighted by molar-refractivity contribution is 7.86. The van der Waals surface area contributed by atoms with Crippen molar-refractivity contribution in [1.82, 2.24) is 0 Å². The van der Waals surface area contributed by atoms with Crippen LogP contribution < -0.4 is 0 Å². The molecular weight excluding hydrogens is 226 g/mol. The van der Waals surface area contributed by atoms with Gasteiger partial charge < -0.3 is 5.11 Å². The zero-order chi connectivity index (χ0) is 12.8. The summed E-state index contributed by atoms with van der Waals surface area (Å²) < 4.78 is 11.4. The van der Waals surface area contributed by atoms with Crippen molar-refractivity contribution in [2.75, 3.05) is 5.75 Å². The Morgan fingerprint density at radius 1 is 1.50 bits per heavy atom. The van der Waals surface area contributed by atoms with Crippen LogP contribution in [0.25, 0.3) is 0 Å². The number of carboxylic acid groups (broad SMARTS) is 1.